The minimum Gasteiger partial charge on any atom is -0.317 e. The third kappa shape index (κ3) is 24.8. The zero-order valence-corrected chi connectivity index (χ0v) is 12.4. The van der Waals surface area contributed by atoms with E-state index < -0.39 is 20.2 Å². The van der Waals surface area contributed by atoms with Gasteiger partial charge in [-0.25, -0.2) is 0 Å². The molecule has 1 aliphatic rings. The Morgan fingerprint density at radius 3 is 1.17 bits per heavy atom. The summed E-state index contributed by atoms with van der Waals surface area (Å²) in [4.78, 5) is 0. The number of piperidine rings is 1. The standard InChI is InChI=1S/C5H11N.2C2H6O3S/c1-2-4-6-5-3-1;2*1-2-6(3,4)5/h6H,1-5H2;2*2H2,1H3,(H,3,4,5). The zero-order valence-electron chi connectivity index (χ0n) is 10.8. The van der Waals surface area contributed by atoms with E-state index in [9.17, 15) is 16.8 Å². The summed E-state index contributed by atoms with van der Waals surface area (Å²) in [7, 11) is -7.32. The van der Waals surface area contributed by atoms with Gasteiger partial charge in [-0.2, -0.15) is 16.8 Å². The summed E-state index contributed by atoms with van der Waals surface area (Å²) >= 11 is 0. The van der Waals surface area contributed by atoms with Crippen LogP contribution in [0.2, 0.25) is 0 Å². The van der Waals surface area contributed by atoms with Crippen LogP contribution in [0.4, 0.5) is 0 Å². The molecule has 0 radical (unpaired) electrons. The van der Waals surface area contributed by atoms with Crippen LogP contribution in [0.3, 0.4) is 0 Å². The molecule has 0 aromatic heterocycles. The van der Waals surface area contributed by atoms with E-state index in [1.165, 1.54) is 46.2 Å². The maximum Gasteiger partial charge on any atom is 0.264 e. The Bertz CT molecular complexity index is 328. The molecule has 0 bridgehead atoms. The van der Waals surface area contributed by atoms with E-state index in [-0.39, 0.29) is 11.5 Å². The quantitative estimate of drug-likeness (QED) is 0.637. The summed E-state index contributed by atoms with van der Waals surface area (Å²) in [5.41, 5.74) is 0. The molecule has 0 atom stereocenters. The van der Waals surface area contributed by atoms with Crippen molar-refractivity contribution in [2.24, 2.45) is 0 Å². The van der Waals surface area contributed by atoms with Gasteiger partial charge in [-0.3, -0.25) is 9.11 Å². The highest BCUT2D eigenvalue weighted by Crippen LogP contribution is 1.96. The van der Waals surface area contributed by atoms with Crippen molar-refractivity contribution in [1.29, 1.82) is 0 Å². The summed E-state index contributed by atoms with van der Waals surface area (Å²) in [6.07, 6.45) is 4.22. The van der Waals surface area contributed by atoms with Gasteiger partial charge in [0.25, 0.3) is 20.2 Å². The van der Waals surface area contributed by atoms with Gasteiger partial charge in [-0.1, -0.05) is 6.42 Å². The van der Waals surface area contributed by atoms with Gasteiger partial charge in [0.05, 0.1) is 11.5 Å². The van der Waals surface area contributed by atoms with Gasteiger partial charge >= 0.3 is 0 Å². The summed E-state index contributed by atoms with van der Waals surface area (Å²) in [6, 6.07) is 0. The Hall–Kier alpha value is -0.220. The average Bonchev–Trinajstić information content (AvgIpc) is 2.31. The molecule has 3 N–H and O–H groups in total. The molecule has 0 spiro atoms. The molecule has 0 amide bonds. The van der Waals surface area contributed by atoms with E-state index in [1.54, 1.807) is 0 Å². The lowest BCUT2D eigenvalue weighted by atomic mass is 10.2. The molecule has 7 nitrogen and oxygen atoms in total. The van der Waals surface area contributed by atoms with Crippen LogP contribution in [-0.4, -0.2) is 50.5 Å². The molecule has 1 aliphatic heterocycles. The van der Waals surface area contributed by atoms with Gasteiger partial charge in [0.2, 0.25) is 0 Å². The van der Waals surface area contributed by atoms with Crippen LogP contribution in [0.15, 0.2) is 0 Å². The van der Waals surface area contributed by atoms with Crippen LogP contribution in [-0.2, 0) is 20.2 Å². The number of hydrogen-bond donors (Lipinski definition) is 3. The molecule has 0 unspecified atom stereocenters. The summed E-state index contributed by atoms with van der Waals surface area (Å²) in [6.45, 7) is 5.24. The fraction of sp³-hybridized carbons (Fsp3) is 1.00. The molecule has 1 rings (SSSR count). The molecule has 0 aromatic carbocycles. The maximum absolute atomic E-state index is 9.56. The van der Waals surface area contributed by atoms with Gasteiger partial charge in [0.15, 0.2) is 0 Å². The van der Waals surface area contributed by atoms with E-state index in [1.807, 2.05) is 0 Å². The van der Waals surface area contributed by atoms with Gasteiger partial charge in [-0.15, -0.1) is 0 Å². The molecule has 0 aliphatic carbocycles. The summed E-state index contributed by atoms with van der Waals surface area (Å²) in [5.74, 6) is -0.403. The van der Waals surface area contributed by atoms with Crippen molar-refractivity contribution in [3.05, 3.63) is 0 Å². The molecule has 18 heavy (non-hydrogen) atoms. The second-order valence-corrected chi connectivity index (χ2v) is 7.03. The van der Waals surface area contributed by atoms with Crippen molar-refractivity contribution in [3.8, 4) is 0 Å². The topological polar surface area (TPSA) is 121 Å². The Balaban J connectivity index is 0. The van der Waals surface area contributed by atoms with Crippen LogP contribution in [0, 0.1) is 0 Å². The highest BCUT2D eigenvalue weighted by Gasteiger charge is 1.94. The van der Waals surface area contributed by atoms with E-state index in [2.05, 4.69) is 5.32 Å². The Morgan fingerprint density at radius 2 is 1.11 bits per heavy atom. The first-order chi connectivity index (χ1) is 8.12. The number of nitrogens with one attached hydrogen (secondary N) is 1. The molecular formula is C9H23NO6S2. The third-order valence-electron chi connectivity index (χ3n) is 1.94. The minimum atomic E-state index is -3.66. The van der Waals surface area contributed by atoms with Crippen molar-refractivity contribution >= 4 is 20.2 Å². The van der Waals surface area contributed by atoms with Crippen molar-refractivity contribution in [2.45, 2.75) is 33.1 Å². The van der Waals surface area contributed by atoms with Crippen LogP contribution >= 0.6 is 0 Å². The lowest BCUT2D eigenvalue weighted by molar-refractivity contribution is 0.482. The van der Waals surface area contributed by atoms with Gasteiger partial charge in [-0.05, 0) is 39.8 Å². The molecule has 1 saturated heterocycles. The predicted octanol–water partition coefficient (Wildman–Crippen LogP) is 0.548. The summed E-state index contributed by atoms with van der Waals surface area (Å²) < 4.78 is 53.8. The zero-order chi connectivity index (χ0) is 14.7. The first-order valence-corrected chi connectivity index (χ1v) is 8.95. The molecule has 0 aromatic rings. The molecule has 112 valence electrons. The monoisotopic (exact) mass is 305 g/mol. The molecular weight excluding hydrogens is 282 g/mol. The fourth-order valence-electron chi connectivity index (χ4n) is 0.802. The van der Waals surface area contributed by atoms with E-state index in [0.29, 0.717) is 0 Å². The lowest BCUT2D eigenvalue weighted by Crippen LogP contribution is -2.21. The van der Waals surface area contributed by atoms with Crippen molar-refractivity contribution in [3.63, 3.8) is 0 Å². The predicted molar refractivity (Wildman–Crippen MR) is 70.9 cm³/mol. The Kier molecular flexibility index (Phi) is 11.9. The third-order valence-corrected chi connectivity index (χ3v) is 3.40. The number of hydrogen-bond acceptors (Lipinski definition) is 5. The van der Waals surface area contributed by atoms with Gasteiger partial charge in [0, 0.05) is 0 Å². The Labute approximate surface area is 109 Å². The van der Waals surface area contributed by atoms with Crippen molar-refractivity contribution in [2.75, 3.05) is 24.6 Å². The smallest absolute Gasteiger partial charge is 0.264 e. The van der Waals surface area contributed by atoms with Crippen molar-refractivity contribution < 1.29 is 25.9 Å². The largest absolute Gasteiger partial charge is 0.317 e. The van der Waals surface area contributed by atoms with Crippen molar-refractivity contribution in [1.82, 2.24) is 5.32 Å². The molecule has 0 saturated carbocycles. The van der Waals surface area contributed by atoms with Gasteiger partial charge in [0.1, 0.15) is 0 Å². The van der Waals surface area contributed by atoms with Gasteiger partial charge < -0.3 is 5.32 Å². The van der Waals surface area contributed by atoms with Crippen LogP contribution in [0.1, 0.15) is 33.1 Å². The SMILES string of the molecule is C1CCNCC1.CCS(=O)(=O)O.CCS(=O)(=O)O. The highest BCUT2D eigenvalue weighted by atomic mass is 32.2. The lowest BCUT2D eigenvalue weighted by Gasteiger charge is -2.08. The maximum atomic E-state index is 9.56. The fourth-order valence-corrected chi connectivity index (χ4v) is 0.802. The van der Waals surface area contributed by atoms with Crippen LogP contribution in [0.5, 0.6) is 0 Å². The summed E-state index contributed by atoms with van der Waals surface area (Å²) in [5, 5.41) is 3.28. The van der Waals surface area contributed by atoms with E-state index in [0.717, 1.165) is 0 Å². The Morgan fingerprint density at radius 1 is 0.833 bits per heavy atom. The second-order valence-electron chi connectivity index (χ2n) is 3.55. The van der Waals surface area contributed by atoms with E-state index >= 15 is 0 Å². The minimum absolute atomic E-state index is 0.201. The highest BCUT2D eigenvalue weighted by molar-refractivity contribution is 7.85. The average molecular weight is 305 g/mol. The first-order valence-electron chi connectivity index (χ1n) is 5.73. The van der Waals surface area contributed by atoms with Crippen LogP contribution in [0.25, 0.3) is 0 Å². The second kappa shape index (κ2) is 10.7. The molecule has 1 fully saturated rings. The molecule has 9 heteroatoms. The van der Waals surface area contributed by atoms with Crippen LogP contribution < -0.4 is 5.32 Å². The first kappa shape index (κ1) is 20.1. The van der Waals surface area contributed by atoms with E-state index in [4.69, 9.17) is 9.11 Å². The molecule has 1 heterocycles. The normalized spacial score (nSPS) is 15.8. The number of rotatable bonds is 2.